The third-order valence-corrected chi connectivity index (χ3v) is 7.38. The van der Waals surface area contributed by atoms with Crippen LogP contribution in [0.4, 0.5) is 10.6 Å². The highest BCUT2D eigenvalue weighted by Crippen LogP contribution is 2.24. The van der Waals surface area contributed by atoms with Crippen LogP contribution in [-0.4, -0.2) is 77.2 Å². The van der Waals surface area contributed by atoms with E-state index in [1.807, 2.05) is 29.3 Å². The van der Waals surface area contributed by atoms with Gasteiger partial charge in [-0.2, -0.15) is 0 Å². The lowest BCUT2D eigenvalue weighted by Gasteiger charge is -2.45. The van der Waals surface area contributed by atoms with Gasteiger partial charge in [-0.3, -0.25) is 9.88 Å². The van der Waals surface area contributed by atoms with Gasteiger partial charge in [0, 0.05) is 56.9 Å². The molecular formula is C28H36N6O2. The molecule has 36 heavy (non-hydrogen) atoms. The first-order chi connectivity index (χ1) is 17.5. The number of carbonyl (C=O) groups is 1. The lowest BCUT2D eigenvalue weighted by atomic mass is 10.0. The van der Waals surface area contributed by atoms with Gasteiger partial charge in [0.1, 0.15) is 11.6 Å². The molecule has 0 radical (unpaired) electrons. The first kappa shape index (κ1) is 24.3. The number of nitrogens with zero attached hydrogens (tertiary/aromatic N) is 5. The van der Waals surface area contributed by atoms with E-state index in [4.69, 9.17) is 9.72 Å². The summed E-state index contributed by atoms with van der Waals surface area (Å²) in [6, 6.07) is 16.7. The maximum absolute atomic E-state index is 13.3. The average Bonchev–Trinajstić information content (AvgIpc) is 2.89. The minimum Gasteiger partial charge on any atom is -0.497 e. The molecule has 0 unspecified atom stereocenters. The molecule has 2 aliphatic rings. The summed E-state index contributed by atoms with van der Waals surface area (Å²) >= 11 is 0. The normalized spacial score (nSPS) is 21.5. The van der Waals surface area contributed by atoms with Gasteiger partial charge in [-0.05, 0) is 44.4 Å². The maximum Gasteiger partial charge on any atom is 0.318 e. The Kier molecular flexibility index (Phi) is 7.23. The minimum absolute atomic E-state index is 0.0489. The Balaban J connectivity index is 1.16. The molecule has 2 aromatic carbocycles. The standard InChI is InChI=1S/C28H36N6O2/c1-20-17-33(27-16-29-26-15-24(36-3)9-10-25(26)31-27)18-21(2)34(20)28(35)30-23-11-13-32(14-12-23)19-22-7-5-4-6-8-22/h4-10,15-16,20-21,23H,11-14,17-19H2,1-3H3,(H,30,35)/t20-,21+. The molecule has 0 aliphatic carbocycles. The predicted molar refractivity (Wildman–Crippen MR) is 142 cm³/mol. The Bertz CT molecular complexity index is 1170. The van der Waals surface area contributed by atoms with Crippen molar-refractivity contribution in [3.8, 4) is 5.75 Å². The second kappa shape index (κ2) is 10.7. The molecule has 2 saturated heterocycles. The van der Waals surface area contributed by atoms with E-state index in [2.05, 4.69) is 64.3 Å². The van der Waals surface area contributed by atoms with E-state index in [0.717, 1.165) is 68.2 Å². The Hall–Kier alpha value is -3.39. The van der Waals surface area contributed by atoms with Crippen LogP contribution in [0.2, 0.25) is 0 Å². The van der Waals surface area contributed by atoms with Crippen molar-refractivity contribution in [1.82, 2.24) is 25.1 Å². The molecule has 5 rings (SSSR count). The Morgan fingerprint density at radius 3 is 2.44 bits per heavy atom. The summed E-state index contributed by atoms with van der Waals surface area (Å²) in [5.74, 6) is 1.62. The van der Waals surface area contributed by atoms with E-state index in [-0.39, 0.29) is 24.2 Å². The van der Waals surface area contributed by atoms with Gasteiger partial charge in [0.05, 0.1) is 24.3 Å². The zero-order valence-corrected chi connectivity index (χ0v) is 21.4. The predicted octanol–water partition coefficient (Wildman–Crippen LogP) is 3.91. The molecule has 0 bridgehead atoms. The fourth-order valence-corrected chi connectivity index (χ4v) is 5.50. The zero-order valence-electron chi connectivity index (χ0n) is 21.4. The lowest BCUT2D eigenvalue weighted by Crippen LogP contribution is -2.62. The van der Waals surface area contributed by atoms with Gasteiger partial charge in [-0.25, -0.2) is 9.78 Å². The molecule has 0 spiro atoms. The van der Waals surface area contributed by atoms with Gasteiger partial charge in [0.15, 0.2) is 0 Å². The van der Waals surface area contributed by atoms with Crippen molar-refractivity contribution in [2.45, 2.75) is 51.4 Å². The number of piperazine rings is 1. The number of piperidine rings is 1. The number of urea groups is 1. The van der Waals surface area contributed by atoms with Crippen molar-refractivity contribution in [1.29, 1.82) is 0 Å². The lowest BCUT2D eigenvalue weighted by molar-refractivity contribution is 0.130. The van der Waals surface area contributed by atoms with Crippen LogP contribution in [0.1, 0.15) is 32.3 Å². The number of hydrogen-bond acceptors (Lipinski definition) is 6. The number of nitrogens with one attached hydrogen (secondary N) is 1. The van der Waals surface area contributed by atoms with Crippen LogP contribution < -0.4 is 15.0 Å². The van der Waals surface area contributed by atoms with Crippen LogP contribution in [0.3, 0.4) is 0 Å². The van der Waals surface area contributed by atoms with Crippen LogP contribution in [0.25, 0.3) is 11.0 Å². The Morgan fingerprint density at radius 1 is 1.03 bits per heavy atom. The molecule has 8 nitrogen and oxygen atoms in total. The van der Waals surface area contributed by atoms with Gasteiger partial charge in [-0.1, -0.05) is 30.3 Å². The number of amides is 2. The Labute approximate surface area is 213 Å². The molecular weight excluding hydrogens is 452 g/mol. The third kappa shape index (κ3) is 5.38. The van der Waals surface area contributed by atoms with Crippen LogP contribution in [0.15, 0.2) is 54.7 Å². The Morgan fingerprint density at radius 2 is 1.75 bits per heavy atom. The first-order valence-electron chi connectivity index (χ1n) is 12.9. The van der Waals surface area contributed by atoms with Gasteiger partial charge >= 0.3 is 6.03 Å². The monoisotopic (exact) mass is 488 g/mol. The SMILES string of the molecule is COc1ccc2nc(N3C[C@@H](C)N(C(=O)NC4CCN(Cc5ccccc5)CC4)[C@@H](C)C3)cnc2c1. The zero-order chi connectivity index (χ0) is 25.1. The van der Waals surface area contributed by atoms with Crippen molar-refractivity contribution >= 4 is 22.9 Å². The highest BCUT2D eigenvalue weighted by molar-refractivity contribution is 5.78. The van der Waals surface area contributed by atoms with E-state index in [0.29, 0.717) is 0 Å². The number of aromatic nitrogens is 2. The maximum atomic E-state index is 13.3. The number of benzene rings is 2. The van der Waals surface area contributed by atoms with Crippen molar-refractivity contribution in [2.75, 3.05) is 38.2 Å². The number of fused-ring (bicyclic) bond motifs is 1. The molecule has 2 amide bonds. The summed E-state index contributed by atoms with van der Waals surface area (Å²) in [6.07, 6.45) is 3.79. The first-order valence-corrected chi connectivity index (χ1v) is 12.9. The van der Waals surface area contributed by atoms with Gasteiger partial charge in [-0.15, -0.1) is 0 Å². The summed E-state index contributed by atoms with van der Waals surface area (Å²) in [5.41, 5.74) is 3.00. The van der Waals surface area contributed by atoms with Crippen LogP contribution >= 0.6 is 0 Å². The number of carbonyl (C=O) groups excluding carboxylic acids is 1. The minimum atomic E-state index is 0.0489. The van der Waals surface area contributed by atoms with Crippen LogP contribution in [0.5, 0.6) is 5.75 Å². The fraction of sp³-hybridized carbons (Fsp3) is 0.464. The summed E-state index contributed by atoms with van der Waals surface area (Å²) in [4.78, 5) is 29.4. The van der Waals surface area contributed by atoms with Crippen molar-refractivity contribution in [3.63, 3.8) is 0 Å². The number of hydrogen-bond donors (Lipinski definition) is 1. The highest BCUT2D eigenvalue weighted by atomic mass is 16.5. The number of rotatable bonds is 5. The van der Waals surface area contributed by atoms with E-state index in [1.54, 1.807) is 7.11 Å². The van der Waals surface area contributed by atoms with Crippen molar-refractivity contribution in [2.24, 2.45) is 0 Å². The van der Waals surface area contributed by atoms with Gasteiger partial charge in [0.25, 0.3) is 0 Å². The summed E-state index contributed by atoms with van der Waals surface area (Å²) in [7, 11) is 1.65. The molecule has 1 aromatic heterocycles. The molecule has 2 fully saturated rings. The van der Waals surface area contributed by atoms with Crippen molar-refractivity contribution in [3.05, 3.63) is 60.3 Å². The van der Waals surface area contributed by atoms with Gasteiger partial charge < -0.3 is 19.9 Å². The van der Waals surface area contributed by atoms with E-state index in [1.165, 1.54) is 5.56 Å². The largest absolute Gasteiger partial charge is 0.497 e. The number of likely N-dealkylation sites (tertiary alicyclic amines) is 1. The summed E-state index contributed by atoms with van der Waals surface area (Å²) < 4.78 is 5.29. The fourth-order valence-electron chi connectivity index (χ4n) is 5.50. The second-order valence-electron chi connectivity index (χ2n) is 10.1. The highest BCUT2D eigenvalue weighted by Gasteiger charge is 2.34. The number of ether oxygens (including phenoxy) is 1. The molecule has 3 aromatic rings. The van der Waals surface area contributed by atoms with Crippen LogP contribution in [-0.2, 0) is 6.54 Å². The number of methoxy groups -OCH3 is 1. The van der Waals surface area contributed by atoms with Crippen LogP contribution in [0, 0.1) is 0 Å². The third-order valence-electron chi connectivity index (χ3n) is 7.38. The second-order valence-corrected chi connectivity index (χ2v) is 10.1. The van der Waals surface area contributed by atoms with Gasteiger partial charge in [0.2, 0.25) is 0 Å². The number of anilines is 1. The van der Waals surface area contributed by atoms with Crippen molar-refractivity contribution < 1.29 is 9.53 Å². The molecule has 8 heteroatoms. The average molecular weight is 489 g/mol. The molecule has 2 aliphatic heterocycles. The molecule has 3 heterocycles. The smallest absolute Gasteiger partial charge is 0.318 e. The molecule has 0 saturated carbocycles. The van der Waals surface area contributed by atoms with E-state index in [9.17, 15) is 4.79 Å². The summed E-state index contributed by atoms with van der Waals surface area (Å²) in [5, 5.41) is 3.33. The van der Waals surface area contributed by atoms with E-state index < -0.39 is 0 Å². The molecule has 190 valence electrons. The topological polar surface area (TPSA) is 73.8 Å². The summed E-state index contributed by atoms with van der Waals surface area (Å²) in [6.45, 7) is 8.67. The molecule has 2 atom stereocenters. The van der Waals surface area contributed by atoms with E-state index >= 15 is 0 Å². The quantitative estimate of drug-likeness (QED) is 0.587. The molecule has 1 N–H and O–H groups in total.